The molecule has 11 heavy (non-hydrogen) atoms. The molecule has 0 atom stereocenters. The fourth-order valence-corrected chi connectivity index (χ4v) is 1.31. The van der Waals surface area contributed by atoms with E-state index in [9.17, 15) is 0 Å². The van der Waals surface area contributed by atoms with Crippen LogP contribution in [0.15, 0.2) is 0 Å². The second-order valence-electron chi connectivity index (χ2n) is 4.55. The summed E-state index contributed by atoms with van der Waals surface area (Å²) in [6.45, 7) is 7.31. The molecule has 0 aromatic heterocycles. The van der Waals surface area contributed by atoms with Crippen LogP contribution in [0, 0.1) is 5.92 Å². The summed E-state index contributed by atoms with van der Waals surface area (Å²) in [5.74, 6) is 0.984. The fraction of sp³-hybridized carbons (Fsp3) is 1.00. The van der Waals surface area contributed by atoms with Crippen molar-refractivity contribution < 1.29 is 4.74 Å². The summed E-state index contributed by atoms with van der Waals surface area (Å²) >= 11 is 0. The van der Waals surface area contributed by atoms with Gasteiger partial charge in [0.1, 0.15) is 0 Å². The van der Waals surface area contributed by atoms with Gasteiger partial charge in [0.05, 0.1) is 5.60 Å². The second kappa shape index (κ2) is 3.57. The molecule has 0 heterocycles. The first-order valence-electron chi connectivity index (χ1n) is 4.72. The highest BCUT2D eigenvalue weighted by Crippen LogP contribution is 2.29. The zero-order valence-electron chi connectivity index (χ0n) is 8.02. The average molecular weight is 156 g/mol. The Kier molecular flexibility index (Phi) is 2.94. The summed E-state index contributed by atoms with van der Waals surface area (Å²) in [6, 6.07) is 0. The van der Waals surface area contributed by atoms with E-state index in [0.29, 0.717) is 0 Å². The van der Waals surface area contributed by atoms with E-state index in [2.05, 4.69) is 20.8 Å². The van der Waals surface area contributed by atoms with Gasteiger partial charge in [-0.1, -0.05) is 19.3 Å². The molecule has 0 spiro atoms. The first kappa shape index (κ1) is 9.05. The van der Waals surface area contributed by atoms with Gasteiger partial charge in [0.25, 0.3) is 0 Å². The molecule has 0 saturated heterocycles. The highest BCUT2D eigenvalue weighted by molar-refractivity contribution is 4.69. The molecule has 0 bridgehead atoms. The Morgan fingerprint density at radius 2 is 1.91 bits per heavy atom. The average Bonchev–Trinajstić information content (AvgIpc) is 1.73. The molecular weight excluding hydrogens is 136 g/mol. The van der Waals surface area contributed by atoms with E-state index in [4.69, 9.17) is 4.74 Å². The molecule has 1 rings (SSSR count). The Hall–Kier alpha value is -0.0400. The quantitative estimate of drug-likeness (QED) is 0.610. The monoisotopic (exact) mass is 156 g/mol. The van der Waals surface area contributed by atoms with Gasteiger partial charge in [0.15, 0.2) is 0 Å². The van der Waals surface area contributed by atoms with Gasteiger partial charge in [-0.05, 0) is 33.1 Å². The maximum absolute atomic E-state index is 5.64. The first-order chi connectivity index (χ1) is 5.08. The normalized spacial score (nSPS) is 19.9. The maximum atomic E-state index is 5.64. The van der Waals surface area contributed by atoms with Crippen molar-refractivity contribution in [2.75, 3.05) is 6.61 Å². The van der Waals surface area contributed by atoms with Gasteiger partial charge < -0.3 is 4.74 Å². The fourth-order valence-electron chi connectivity index (χ4n) is 1.31. The molecule has 1 aliphatic carbocycles. The van der Waals surface area contributed by atoms with Crippen LogP contribution in [0.25, 0.3) is 0 Å². The Morgan fingerprint density at radius 3 is 2.27 bits per heavy atom. The van der Waals surface area contributed by atoms with Gasteiger partial charge in [-0.3, -0.25) is 0 Å². The van der Waals surface area contributed by atoms with E-state index in [0.717, 1.165) is 12.5 Å². The first-order valence-corrected chi connectivity index (χ1v) is 4.72. The predicted octanol–water partition coefficient (Wildman–Crippen LogP) is 2.99. The SMILES string of the molecule is CC(C)(C)OCCC1CCC1. The molecule has 0 amide bonds. The minimum atomic E-state index is 0.0593. The van der Waals surface area contributed by atoms with E-state index < -0.39 is 0 Å². The van der Waals surface area contributed by atoms with E-state index in [1.807, 2.05) is 0 Å². The maximum Gasteiger partial charge on any atom is 0.0598 e. The molecular formula is C10H20O. The van der Waals surface area contributed by atoms with Gasteiger partial charge in [-0.2, -0.15) is 0 Å². The Balaban J connectivity index is 1.95. The van der Waals surface area contributed by atoms with Crippen LogP contribution in [0.5, 0.6) is 0 Å². The smallest absolute Gasteiger partial charge is 0.0598 e. The third-order valence-corrected chi connectivity index (χ3v) is 2.29. The Bertz CT molecular complexity index is 109. The Labute approximate surface area is 70.1 Å². The third-order valence-electron chi connectivity index (χ3n) is 2.29. The molecule has 1 aliphatic rings. The lowest BCUT2D eigenvalue weighted by Gasteiger charge is -2.27. The van der Waals surface area contributed by atoms with Crippen molar-refractivity contribution in [1.82, 2.24) is 0 Å². The summed E-state index contributed by atoms with van der Waals surface area (Å²) in [5, 5.41) is 0. The molecule has 0 radical (unpaired) electrons. The topological polar surface area (TPSA) is 9.23 Å². The van der Waals surface area contributed by atoms with Gasteiger partial charge in [0.2, 0.25) is 0 Å². The van der Waals surface area contributed by atoms with Crippen LogP contribution in [0.2, 0.25) is 0 Å². The molecule has 0 unspecified atom stereocenters. The lowest BCUT2D eigenvalue weighted by atomic mass is 9.83. The van der Waals surface area contributed by atoms with Crippen LogP contribution in [-0.2, 0) is 4.74 Å². The van der Waals surface area contributed by atoms with E-state index in [1.54, 1.807) is 0 Å². The Morgan fingerprint density at radius 1 is 1.27 bits per heavy atom. The zero-order chi connectivity index (χ0) is 8.32. The molecule has 0 N–H and O–H groups in total. The van der Waals surface area contributed by atoms with Crippen LogP contribution in [0.4, 0.5) is 0 Å². The number of hydrogen-bond acceptors (Lipinski definition) is 1. The molecule has 1 fully saturated rings. The van der Waals surface area contributed by atoms with Crippen LogP contribution in [-0.4, -0.2) is 12.2 Å². The minimum Gasteiger partial charge on any atom is -0.376 e. The third kappa shape index (κ3) is 3.76. The molecule has 66 valence electrons. The largest absolute Gasteiger partial charge is 0.376 e. The summed E-state index contributed by atoms with van der Waals surface area (Å²) in [5.41, 5.74) is 0.0593. The van der Waals surface area contributed by atoms with Crippen LogP contribution in [0.3, 0.4) is 0 Å². The highest BCUT2D eigenvalue weighted by atomic mass is 16.5. The number of ether oxygens (including phenoxy) is 1. The van der Waals surface area contributed by atoms with E-state index in [1.165, 1.54) is 25.7 Å². The molecule has 1 saturated carbocycles. The lowest BCUT2D eigenvalue weighted by Crippen LogP contribution is -2.22. The number of hydrogen-bond donors (Lipinski definition) is 0. The van der Waals surface area contributed by atoms with Crippen molar-refractivity contribution in [3.63, 3.8) is 0 Å². The molecule has 1 nitrogen and oxygen atoms in total. The van der Waals surface area contributed by atoms with Crippen LogP contribution < -0.4 is 0 Å². The van der Waals surface area contributed by atoms with Crippen molar-refractivity contribution in [3.8, 4) is 0 Å². The van der Waals surface area contributed by atoms with Crippen molar-refractivity contribution in [2.24, 2.45) is 5.92 Å². The van der Waals surface area contributed by atoms with Crippen molar-refractivity contribution >= 4 is 0 Å². The van der Waals surface area contributed by atoms with Gasteiger partial charge in [0, 0.05) is 6.61 Å². The van der Waals surface area contributed by atoms with Gasteiger partial charge in [-0.25, -0.2) is 0 Å². The van der Waals surface area contributed by atoms with Crippen LogP contribution >= 0.6 is 0 Å². The minimum absolute atomic E-state index is 0.0593. The molecule has 0 aliphatic heterocycles. The van der Waals surface area contributed by atoms with Crippen LogP contribution in [0.1, 0.15) is 46.5 Å². The standard InChI is InChI=1S/C10H20O/c1-10(2,3)11-8-7-9-5-4-6-9/h9H,4-8H2,1-3H3. The second-order valence-corrected chi connectivity index (χ2v) is 4.55. The number of rotatable bonds is 3. The van der Waals surface area contributed by atoms with Crippen molar-refractivity contribution in [2.45, 2.75) is 52.1 Å². The summed E-state index contributed by atoms with van der Waals surface area (Å²) in [4.78, 5) is 0. The lowest BCUT2D eigenvalue weighted by molar-refractivity contribution is -0.0133. The predicted molar refractivity (Wildman–Crippen MR) is 47.7 cm³/mol. The molecule has 0 aromatic carbocycles. The summed E-state index contributed by atoms with van der Waals surface area (Å²) < 4.78 is 5.64. The highest BCUT2D eigenvalue weighted by Gasteiger charge is 2.18. The van der Waals surface area contributed by atoms with E-state index >= 15 is 0 Å². The van der Waals surface area contributed by atoms with Crippen molar-refractivity contribution in [3.05, 3.63) is 0 Å². The van der Waals surface area contributed by atoms with Gasteiger partial charge >= 0.3 is 0 Å². The summed E-state index contributed by atoms with van der Waals surface area (Å²) in [6.07, 6.45) is 5.60. The van der Waals surface area contributed by atoms with Gasteiger partial charge in [-0.15, -0.1) is 0 Å². The summed E-state index contributed by atoms with van der Waals surface area (Å²) in [7, 11) is 0. The molecule has 0 aromatic rings. The zero-order valence-corrected chi connectivity index (χ0v) is 8.02. The van der Waals surface area contributed by atoms with E-state index in [-0.39, 0.29) is 5.60 Å². The van der Waals surface area contributed by atoms with Crippen molar-refractivity contribution in [1.29, 1.82) is 0 Å². The molecule has 1 heteroatoms.